The number of amides is 1. The molecule has 5 heteroatoms. The summed E-state index contributed by atoms with van der Waals surface area (Å²) in [6, 6.07) is 10.4. The Morgan fingerprint density at radius 2 is 1.95 bits per heavy atom. The first-order chi connectivity index (χ1) is 9.56. The SMILES string of the molecule is Cc1ccc(C(=O)Nc2ccccc2CCC(=O)O)o1. The van der Waals surface area contributed by atoms with E-state index in [0.29, 0.717) is 17.9 Å². The third-order valence-electron chi connectivity index (χ3n) is 2.84. The molecule has 0 aliphatic carbocycles. The fourth-order valence-electron chi connectivity index (χ4n) is 1.84. The van der Waals surface area contributed by atoms with E-state index in [2.05, 4.69) is 5.32 Å². The number of hydrogen-bond acceptors (Lipinski definition) is 3. The highest BCUT2D eigenvalue weighted by Crippen LogP contribution is 2.18. The summed E-state index contributed by atoms with van der Waals surface area (Å²) in [5.41, 5.74) is 1.39. The molecule has 0 bridgehead atoms. The van der Waals surface area contributed by atoms with Crippen molar-refractivity contribution in [1.82, 2.24) is 0 Å². The van der Waals surface area contributed by atoms with Crippen LogP contribution in [0.5, 0.6) is 0 Å². The number of nitrogens with one attached hydrogen (secondary N) is 1. The van der Waals surface area contributed by atoms with Crippen LogP contribution < -0.4 is 5.32 Å². The van der Waals surface area contributed by atoms with E-state index in [-0.39, 0.29) is 18.1 Å². The molecule has 0 saturated carbocycles. The maximum Gasteiger partial charge on any atom is 0.303 e. The molecule has 0 spiro atoms. The summed E-state index contributed by atoms with van der Waals surface area (Å²) >= 11 is 0. The fourth-order valence-corrected chi connectivity index (χ4v) is 1.84. The molecule has 1 aromatic heterocycles. The maximum absolute atomic E-state index is 12.0. The first-order valence-corrected chi connectivity index (χ1v) is 6.24. The second-order valence-corrected chi connectivity index (χ2v) is 4.42. The van der Waals surface area contributed by atoms with Crippen LogP contribution in [0.1, 0.15) is 28.3 Å². The van der Waals surface area contributed by atoms with Gasteiger partial charge < -0.3 is 14.8 Å². The molecule has 1 heterocycles. The molecule has 2 aromatic rings. The van der Waals surface area contributed by atoms with E-state index in [1.54, 1.807) is 37.3 Å². The van der Waals surface area contributed by atoms with E-state index in [1.165, 1.54) is 0 Å². The van der Waals surface area contributed by atoms with Crippen LogP contribution in [0, 0.1) is 6.92 Å². The Balaban J connectivity index is 2.12. The van der Waals surface area contributed by atoms with Crippen LogP contribution in [-0.4, -0.2) is 17.0 Å². The predicted octanol–water partition coefficient (Wildman–Crippen LogP) is 2.86. The number of aryl methyl sites for hydroxylation is 2. The minimum absolute atomic E-state index is 0.0206. The lowest BCUT2D eigenvalue weighted by molar-refractivity contribution is -0.136. The smallest absolute Gasteiger partial charge is 0.303 e. The molecular formula is C15H15NO4. The van der Waals surface area contributed by atoms with Crippen molar-refractivity contribution in [2.24, 2.45) is 0 Å². The highest BCUT2D eigenvalue weighted by Gasteiger charge is 2.12. The minimum Gasteiger partial charge on any atom is -0.481 e. The van der Waals surface area contributed by atoms with Gasteiger partial charge in [0.25, 0.3) is 5.91 Å². The zero-order valence-electron chi connectivity index (χ0n) is 11.1. The van der Waals surface area contributed by atoms with Gasteiger partial charge in [-0.25, -0.2) is 0 Å². The van der Waals surface area contributed by atoms with Crippen LogP contribution >= 0.6 is 0 Å². The molecule has 0 aliphatic rings. The average molecular weight is 273 g/mol. The van der Waals surface area contributed by atoms with Crippen molar-refractivity contribution in [2.75, 3.05) is 5.32 Å². The van der Waals surface area contributed by atoms with Crippen molar-refractivity contribution in [2.45, 2.75) is 19.8 Å². The summed E-state index contributed by atoms with van der Waals surface area (Å²) in [4.78, 5) is 22.6. The molecule has 104 valence electrons. The van der Waals surface area contributed by atoms with E-state index in [1.807, 2.05) is 6.07 Å². The first-order valence-electron chi connectivity index (χ1n) is 6.24. The number of anilines is 1. The summed E-state index contributed by atoms with van der Waals surface area (Å²) in [6.45, 7) is 1.76. The van der Waals surface area contributed by atoms with Gasteiger partial charge in [-0.05, 0) is 37.1 Å². The molecular weight excluding hydrogens is 258 g/mol. The Kier molecular flexibility index (Phi) is 4.20. The van der Waals surface area contributed by atoms with Crippen molar-refractivity contribution in [3.8, 4) is 0 Å². The molecule has 0 atom stereocenters. The molecule has 1 aromatic carbocycles. The molecule has 1 amide bonds. The molecule has 0 unspecified atom stereocenters. The van der Waals surface area contributed by atoms with Gasteiger partial charge >= 0.3 is 5.97 Å². The largest absolute Gasteiger partial charge is 0.481 e. The van der Waals surface area contributed by atoms with E-state index >= 15 is 0 Å². The lowest BCUT2D eigenvalue weighted by atomic mass is 10.1. The summed E-state index contributed by atoms with van der Waals surface area (Å²) in [7, 11) is 0. The number of benzene rings is 1. The Bertz CT molecular complexity index is 630. The maximum atomic E-state index is 12.0. The van der Waals surface area contributed by atoms with Crippen molar-refractivity contribution >= 4 is 17.6 Å². The quantitative estimate of drug-likeness (QED) is 0.877. The molecule has 2 rings (SSSR count). The third-order valence-corrected chi connectivity index (χ3v) is 2.84. The lowest BCUT2D eigenvalue weighted by Gasteiger charge is -2.09. The highest BCUT2D eigenvalue weighted by atomic mass is 16.4. The molecule has 0 saturated heterocycles. The Morgan fingerprint density at radius 3 is 2.60 bits per heavy atom. The number of furan rings is 1. The van der Waals surface area contributed by atoms with Crippen molar-refractivity contribution < 1.29 is 19.1 Å². The van der Waals surface area contributed by atoms with Crippen molar-refractivity contribution in [3.05, 3.63) is 53.5 Å². The molecule has 0 aliphatic heterocycles. The summed E-state index contributed by atoms with van der Waals surface area (Å²) < 4.78 is 5.25. The van der Waals surface area contributed by atoms with Crippen LogP contribution in [0.3, 0.4) is 0 Å². The van der Waals surface area contributed by atoms with Crippen molar-refractivity contribution in [1.29, 1.82) is 0 Å². The molecule has 20 heavy (non-hydrogen) atoms. The topological polar surface area (TPSA) is 79.5 Å². The average Bonchev–Trinajstić information content (AvgIpc) is 2.84. The fraction of sp³-hybridized carbons (Fsp3) is 0.200. The van der Waals surface area contributed by atoms with Gasteiger partial charge in [0.05, 0.1) is 0 Å². The van der Waals surface area contributed by atoms with Gasteiger partial charge in [0, 0.05) is 12.1 Å². The first kappa shape index (κ1) is 13.9. The Morgan fingerprint density at radius 1 is 1.20 bits per heavy atom. The number of hydrogen-bond donors (Lipinski definition) is 2. The third kappa shape index (κ3) is 3.47. The zero-order valence-corrected chi connectivity index (χ0v) is 11.1. The second kappa shape index (κ2) is 6.06. The molecule has 0 fully saturated rings. The van der Waals surface area contributed by atoms with Crippen LogP contribution in [0.4, 0.5) is 5.69 Å². The van der Waals surface area contributed by atoms with Crippen LogP contribution in [0.2, 0.25) is 0 Å². The number of aliphatic carboxylic acids is 1. The highest BCUT2D eigenvalue weighted by molar-refractivity contribution is 6.02. The summed E-state index contributed by atoms with van der Waals surface area (Å²) in [6.07, 6.45) is 0.385. The van der Waals surface area contributed by atoms with E-state index in [0.717, 1.165) is 5.56 Å². The second-order valence-electron chi connectivity index (χ2n) is 4.42. The van der Waals surface area contributed by atoms with Gasteiger partial charge in [-0.15, -0.1) is 0 Å². The summed E-state index contributed by atoms with van der Waals surface area (Å²) in [5.74, 6) is -0.321. The van der Waals surface area contributed by atoms with E-state index < -0.39 is 5.97 Å². The van der Waals surface area contributed by atoms with Gasteiger partial charge in [-0.3, -0.25) is 9.59 Å². The number of carboxylic acid groups (broad SMARTS) is 1. The normalized spacial score (nSPS) is 10.2. The van der Waals surface area contributed by atoms with Gasteiger partial charge in [-0.2, -0.15) is 0 Å². The van der Waals surface area contributed by atoms with Gasteiger partial charge in [-0.1, -0.05) is 18.2 Å². The van der Waals surface area contributed by atoms with Gasteiger partial charge in [0.15, 0.2) is 5.76 Å². The zero-order chi connectivity index (χ0) is 14.5. The van der Waals surface area contributed by atoms with Crippen LogP contribution in [-0.2, 0) is 11.2 Å². The number of rotatable bonds is 5. The number of para-hydroxylation sites is 1. The number of carbonyl (C=O) groups excluding carboxylic acids is 1. The van der Waals surface area contributed by atoms with Crippen molar-refractivity contribution in [3.63, 3.8) is 0 Å². The number of carbonyl (C=O) groups is 2. The molecule has 0 radical (unpaired) electrons. The van der Waals surface area contributed by atoms with Crippen LogP contribution in [0.25, 0.3) is 0 Å². The summed E-state index contributed by atoms with van der Waals surface area (Å²) in [5, 5.41) is 11.5. The number of carboxylic acids is 1. The van der Waals surface area contributed by atoms with Crippen LogP contribution in [0.15, 0.2) is 40.8 Å². The lowest BCUT2D eigenvalue weighted by Crippen LogP contribution is -2.12. The van der Waals surface area contributed by atoms with E-state index in [9.17, 15) is 9.59 Å². The van der Waals surface area contributed by atoms with Gasteiger partial charge in [0.2, 0.25) is 0 Å². The monoisotopic (exact) mass is 273 g/mol. The minimum atomic E-state index is -0.868. The molecule has 5 nitrogen and oxygen atoms in total. The molecule has 2 N–H and O–H groups in total. The van der Waals surface area contributed by atoms with E-state index in [4.69, 9.17) is 9.52 Å². The Hall–Kier alpha value is -2.56. The standard InChI is InChI=1S/C15H15NO4/c1-10-6-8-13(20-10)15(19)16-12-5-3-2-4-11(12)7-9-14(17)18/h2-6,8H,7,9H2,1H3,(H,16,19)(H,17,18). The van der Waals surface area contributed by atoms with Gasteiger partial charge in [0.1, 0.15) is 5.76 Å². The predicted molar refractivity (Wildman–Crippen MR) is 73.8 cm³/mol. The Labute approximate surface area is 116 Å².